The fourth-order valence-corrected chi connectivity index (χ4v) is 6.03. The minimum atomic E-state index is -3.51. The minimum Gasteiger partial charge on any atom is -0.433 e. The number of ether oxygens (including phenoxy) is 1. The van der Waals surface area contributed by atoms with Gasteiger partial charge in [-0.2, -0.15) is 13.1 Å². The normalized spacial score (nSPS) is 15.1. The molecular weight excluding hydrogens is 434 g/mol. The summed E-state index contributed by atoms with van der Waals surface area (Å²) in [5.74, 6) is -0.574. The minimum absolute atomic E-state index is 0.0207. The highest BCUT2D eigenvalue weighted by Crippen LogP contribution is 2.30. The van der Waals surface area contributed by atoms with Crippen molar-refractivity contribution in [2.24, 2.45) is 0 Å². The van der Waals surface area contributed by atoms with Crippen LogP contribution in [0.5, 0.6) is 5.75 Å². The van der Waals surface area contributed by atoms with Crippen LogP contribution in [0.2, 0.25) is 5.02 Å². The van der Waals surface area contributed by atoms with Crippen molar-refractivity contribution in [3.05, 3.63) is 40.2 Å². The molecule has 3 rings (SSSR count). The molecule has 0 saturated carbocycles. The van der Waals surface area contributed by atoms with Gasteiger partial charge < -0.3 is 10.1 Å². The van der Waals surface area contributed by atoms with Crippen molar-refractivity contribution in [1.82, 2.24) is 4.31 Å². The van der Waals surface area contributed by atoms with Crippen LogP contribution in [0.1, 0.15) is 17.7 Å². The van der Waals surface area contributed by atoms with E-state index in [0.717, 1.165) is 24.2 Å². The third kappa shape index (κ3) is 4.99. The van der Waals surface area contributed by atoms with E-state index in [9.17, 15) is 22.0 Å². The van der Waals surface area contributed by atoms with E-state index in [1.807, 2.05) is 0 Å². The number of carbonyl (C=O) groups is 1. The summed E-state index contributed by atoms with van der Waals surface area (Å²) in [6, 6.07) is 7.04. The highest BCUT2D eigenvalue weighted by atomic mass is 35.5. The van der Waals surface area contributed by atoms with Crippen LogP contribution in [0, 0.1) is 0 Å². The van der Waals surface area contributed by atoms with Crippen LogP contribution in [0.3, 0.4) is 0 Å². The topological polar surface area (TPSA) is 75.7 Å². The standard InChI is InChI=1S/C17H17ClF2N2O4S2/c18-13-9-11(3-5-14(13)26-17(19)20)21-15(23)10-12-4-6-16(27-12)28(24,25)22-7-1-2-8-22/h3-6,9,17H,1-2,7-8,10H2,(H,21,23). The summed E-state index contributed by atoms with van der Waals surface area (Å²) in [5, 5.41) is 2.53. The van der Waals surface area contributed by atoms with Crippen LogP contribution in [-0.2, 0) is 21.2 Å². The molecule has 0 aliphatic carbocycles. The van der Waals surface area contributed by atoms with Gasteiger partial charge in [-0.1, -0.05) is 11.6 Å². The number of rotatable bonds is 7. The molecule has 6 nitrogen and oxygen atoms in total. The van der Waals surface area contributed by atoms with Gasteiger partial charge in [0.2, 0.25) is 5.91 Å². The predicted molar refractivity (Wildman–Crippen MR) is 103 cm³/mol. The predicted octanol–water partition coefficient (Wildman–Crippen LogP) is 3.97. The maximum absolute atomic E-state index is 12.5. The largest absolute Gasteiger partial charge is 0.433 e. The Bertz CT molecular complexity index is 960. The Hall–Kier alpha value is -1.75. The number of nitrogens with one attached hydrogen (secondary N) is 1. The number of benzene rings is 1. The Kier molecular flexibility index (Phi) is 6.54. The number of halogens is 3. The molecule has 1 aromatic heterocycles. The van der Waals surface area contributed by atoms with Crippen molar-refractivity contribution in [1.29, 1.82) is 0 Å². The monoisotopic (exact) mass is 450 g/mol. The van der Waals surface area contributed by atoms with E-state index in [1.165, 1.54) is 28.6 Å². The van der Waals surface area contributed by atoms with Gasteiger partial charge in [-0.3, -0.25) is 4.79 Å². The molecule has 0 bridgehead atoms. The molecule has 1 aliphatic heterocycles. The average molecular weight is 451 g/mol. The van der Waals surface area contributed by atoms with Crippen molar-refractivity contribution >= 4 is 44.6 Å². The maximum atomic E-state index is 12.5. The molecule has 1 amide bonds. The Morgan fingerprint density at radius 1 is 1.25 bits per heavy atom. The summed E-state index contributed by atoms with van der Waals surface area (Å²) in [6.45, 7) is -1.97. The van der Waals surface area contributed by atoms with E-state index in [1.54, 1.807) is 6.07 Å². The Labute approximate surface area is 170 Å². The number of anilines is 1. The molecule has 0 unspecified atom stereocenters. The number of alkyl halides is 2. The molecule has 11 heteroatoms. The average Bonchev–Trinajstić information content (AvgIpc) is 3.29. The molecule has 1 fully saturated rings. The zero-order valence-corrected chi connectivity index (χ0v) is 16.9. The molecule has 1 N–H and O–H groups in total. The van der Waals surface area contributed by atoms with Gasteiger partial charge in [0.25, 0.3) is 10.0 Å². The van der Waals surface area contributed by atoms with Gasteiger partial charge in [0.05, 0.1) is 11.4 Å². The molecule has 0 atom stereocenters. The van der Waals surface area contributed by atoms with Crippen LogP contribution < -0.4 is 10.1 Å². The summed E-state index contributed by atoms with van der Waals surface area (Å²) in [5.41, 5.74) is 0.318. The first kappa shape index (κ1) is 21.0. The highest BCUT2D eigenvalue weighted by molar-refractivity contribution is 7.91. The number of hydrogen-bond donors (Lipinski definition) is 1. The van der Waals surface area contributed by atoms with Crippen molar-refractivity contribution in [3.63, 3.8) is 0 Å². The molecule has 1 aliphatic rings. The van der Waals surface area contributed by atoms with E-state index < -0.39 is 16.6 Å². The lowest BCUT2D eigenvalue weighted by Gasteiger charge is -2.13. The third-order valence-corrected chi connectivity index (χ3v) is 7.81. The van der Waals surface area contributed by atoms with E-state index in [2.05, 4.69) is 10.1 Å². The molecule has 2 heterocycles. The van der Waals surface area contributed by atoms with Crippen molar-refractivity contribution in [2.45, 2.75) is 30.1 Å². The number of amides is 1. The summed E-state index contributed by atoms with van der Waals surface area (Å²) >= 11 is 6.91. The zero-order chi connectivity index (χ0) is 20.3. The second-order valence-electron chi connectivity index (χ2n) is 6.08. The number of sulfonamides is 1. The fraction of sp³-hybridized carbons (Fsp3) is 0.353. The van der Waals surface area contributed by atoms with Crippen molar-refractivity contribution in [2.75, 3.05) is 18.4 Å². The summed E-state index contributed by atoms with van der Waals surface area (Å²) in [6.07, 6.45) is 1.68. The SMILES string of the molecule is O=C(Cc1ccc(S(=O)(=O)N2CCCC2)s1)Nc1ccc(OC(F)F)c(Cl)c1. The van der Waals surface area contributed by atoms with Crippen molar-refractivity contribution in [3.8, 4) is 5.75 Å². The first-order valence-electron chi connectivity index (χ1n) is 8.39. The number of carbonyl (C=O) groups excluding carboxylic acids is 1. The smallest absolute Gasteiger partial charge is 0.387 e. The van der Waals surface area contributed by atoms with Crippen LogP contribution >= 0.6 is 22.9 Å². The quantitative estimate of drug-likeness (QED) is 0.692. The van der Waals surface area contributed by atoms with Gasteiger partial charge in [0.1, 0.15) is 9.96 Å². The molecule has 28 heavy (non-hydrogen) atoms. The first-order valence-corrected chi connectivity index (χ1v) is 11.0. The molecule has 1 saturated heterocycles. The van der Waals surface area contributed by atoms with Crippen LogP contribution in [0.15, 0.2) is 34.5 Å². The summed E-state index contributed by atoms with van der Waals surface area (Å²) < 4.78 is 55.4. The van der Waals surface area contributed by atoms with E-state index in [4.69, 9.17) is 11.6 Å². The third-order valence-electron chi connectivity index (χ3n) is 4.06. The fourth-order valence-electron chi connectivity index (χ4n) is 2.78. The van der Waals surface area contributed by atoms with Gasteiger partial charge in [0.15, 0.2) is 0 Å². The van der Waals surface area contributed by atoms with Gasteiger partial charge in [0, 0.05) is 23.7 Å². The second kappa shape index (κ2) is 8.73. The number of hydrogen-bond acceptors (Lipinski definition) is 5. The number of nitrogens with zero attached hydrogens (tertiary/aromatic N) is 1. The van der Waals surface area contributed by atoms with Crippen LogP contribution in [0.25, 0.3) is 0 Å². The van der Waals surface area contributed by atoms with E-state index in [0.29, 0.717) is 23.7 Å². The Balaban J connectivity index is 1.63. The van der Waals surface area contributed by atoms with Gasteiger partial charge in [-0.25, -0.2) is 8.42 Å². The zero-order valence-electron chi connectivity index (χ0n) is 14.5. The molecule has 0 spiro atoms. The molecule has 0 radical (unpaired) electrons. The number of thiophene rings is 1. The lowest BCUT2D eigenvalue weighted by Crippen LogP contribution is -2.27. The molecular formula is C17H17ClF2N2O4S2. The van der Waals surface area contributed by atoms with E-state index >= 15 is 0 Å². The van der Waals surface area contributed by atoms with Crippen molar-refractivity contribution < 1.29 is 26.7 Å². The van der Waals surface area contributed by atoms with Gasteiger partial charge >= 0.3 is 6.61 Å². The first-order chi connectivity index (χ1) is 13.3. The van der Waals surface area contributed by atoms with Crippen LogP contribution in [-0.4, -0.2) is 38.3 Å². The maximum Gasteiger partial charge on any atom is 0.387 e. The molecule has 1 aromatic carbocycles. The second-order valence-corrected chi connectivity index (χ2v) is 9.82. The molecule has 152 valence electrons. The van der Waals surface area contributed by atoms with Gasteiger partial charge in [-0.05, 0) is 43.2 Å². The lowest BCUT2D eigenvalue weighted by atomic mass is 10.2. The molecule has 2 aromatic rings. The van der Waals surface area contributed by atoms with Crippen LogP contribution in [0.4, 0.5) is 14.5 Å². The Morgan fingerprint density at radius 3 is 2.61 bits per heavy atom. The van der Waals surface area contributed by atoms with E-state index in [-0.39, 0.29) is 27.3 Å². The van der Waals surface area contributed by atoms with Gasteiger partial charge in [-0.15, -0.1) is 11.3 Å². The highest BCUT2D eigenvalue weighted by Gasteiger charge is 2.28. The summed E-state index contributed by atoms with van der Waals surface area (Å²) in [7, 11) is -3.51. The summed E-state index contributed by atoms with van der Waals surface area (Å²) in [4.78, 5) is 12.8. The lowest BCUT2D eigenvalue weighted by molar-refractivity contribution is -0.115. The Morgan fingerprint density at radius 2 is 1.96 bits per heavy atom.